The van der Waals surface area contributed by atoms with Crippen LogP contribution in [0.5, 0.6) is 11.5 Å². The van der Waals surface area contributed by atoms with Crippen LogP contribution in [0.3, 0.4) is 0 Å². The first-order valence-corrected chi connectivity index (χ1v) is 10.0. The van der Waals surface area contributed by atoms with Crippen LogP contribution in [0, 0.1) is 0 Å². The molecular formula is C21H29Cl2N3O2. The van der Waals surface area contributed by atoms with Crippen molar-refractivity contribution in [3.05, 3.63) is 52.8 Å². The lowest BCUT2D eigenvalue weighted by Gasteiger charge is -2.36. The third-order valence-electron chi connectivity index (χ3n) is 4.63. The lowest BCUT2D eigenvalue weighted by Crippen LogP contribution is -2.45. The van der Waals surface area contributed by atoms with Crippen molar-refractivity contribution >= 4 is 24.0 Å². The summed E-state index contributed by atoms with van der Waals surface area (Å²) < 4.78 is 11.6. The van der Waals surface area contributed by atoms with E-state index in [1.54, 1.807) is 0 Å². The molecule has 0 saturated carbocycles. The molecule has 1 fully saturated rings. The Morgan fingerprint density at radius 3 is 2.86 bits per heavy atom. The molecule has 1 atom stereocenters. The van der Waals surface area contributed by atoms with Crippen molar-refractivity contribution in [1.82, 2.24) is 15.2 Å². The maximum absolute atomic E-state index is 6.53. The summed E-state index contributed by atoms with van der Waals surface area (Å²) in [6.07, 6.45) is 4.69. The van der Waals surface area contributed by atoms with Crippen molar-refractivity contribution in [2.45, 2.75) is 32.9 Å². The van der Waals surface area contributed by atoms with Gasteiger partial charge in [-0.05, 0) is 42.7 Å². The van der Waals surface area contributed by atoms with Gasteiger partial charge in [0.25, 0.3) is 0 Å². The van der Waals surface area contributed by atoms with Gasteiger partial charge in [-0.1, -0.05) is 24.6 Å². The molecule has 1 aliphatic rings. The van der Waals surface area contributed by atoms with Gasteiger partial charge in [0.15, 0.2) is 11.5 Å². The van der Waals surface area contributed by atoms with Crippen molar-refractivity contribution < 1.29 is 9.47 Å². The fraction of sp³-hybridized carbons (Fsp3) is 0.476. The Balaban J connectivity index is 0.00000280. The monoisotopic (exact) mass is 425 g/mol. The van der Waals surface area contributed by atoms with E-state index in [9.17, 15) is 0 Å². The molecule has 0 aliphatic carbocycles. The zero-order valence-electron chi connectivity index (χ0n) is 16.5. The number of rotatable bonds is 8. The van der Waals surface area contributed by atoms with Gasteiger partial charge >= 0.3 is 0 Å². The molecule has 7 heteroatoms. The van der Waals surface area contributed by atoms with E-state index >= 15 is 0 Å². The van der Waals surface area contributed by atoms with E-state index in [1.807, 2.05) is 31.5 Å². The molecule has 0 spiro atoms. The zero-order chi connectivity index (χ0) is 19.1. The molecule has 28 heavy (non-hydrogen) atoms. The zero-order valence-corrected chi connectivity index (χ0v) is 18.1. The molecule has 5 nitrogen and oxygen atoms in total. The average molecular weight is 426 g/mol. The summed E-state index contributed by atoms with van der Waals surface area (Å²) in [4.78, 5) is 6.74. The summed E-state index contributed by atoms with van der Waals surface area (Å²) in [6, 6.07) is 8.47. The largest absolute Gasteiger partial charge is 0.490 e. The van der Waals surface area contributed by atoms with Gasteiger partial charge in [-0.2, -0.15) is 0 Å². The molecule has 2 aromatic rings. The smallest absolute Gasteiger partial charge is 0.179 e. The summed E-state index contributed by atoms with van der Waals surface area (Å²) in [5.74, 6) is 1.37. The highest BCUT2D eigenvalue weighted by atomic mass is 35.5. The second-order valence-electron chi connectivity index (χ2n) is 6.66. The third-order valence-corrected chi connectivity index (χ3v) is 4.91. The van der Waals surface area contributed by atoms with Gasteiger partial charge in [0.1, 0.15) is 0 Å². The standard InChI is InChI=1S/C21H28ClN3O2.ClH/c1-3-10-27-21-18(22)11-16(12-20(21)26-4-2)15-25-9-8-24-14-19(25)17-6-5-7-23-13-17;/h5-7,11-13,19,24H,3-4,8-10,14-15H2,1-2H3;1H. The minimum atomic E-state index is 0. The summed E-state index contributed by atoms with van der Waals surface area (Å²) >= 11 is 6.53. The Hall–Kier alpha value is -1.53. The van der Waals surface area contributed by atoms with E-state index < -0.39 is 0 Å². The minimum Gasteiger partial charge on any atom is -0.490 e. The average Bonchev–Trinajstić information content (AvgIpc) is 2.69. The highest BCUT2D eigenvalue weighted by molar-refractivity contribution is 6.32. The second-order valence-corrected chi connectivity index (χ2v) is 7.07. The molecule has 1 saturated heterocycles. The Morgan fingerprint density at radius 2 is 2.14 bits per heavy atom. The summed E-state index contributed by atoms with van der Waals surface area (Å²) in [6.45, 7) is 8.90. The molecule has 1 aliphatic heterocycles. The Labute approximate surface area is 178 Å². The van der Waals surface area contributed by atoms with Gasteiger partial charge in [0, 0.05) is 44.6 Å². The van der Waals surface area contributed by atoms with E-state index in [2.05, 4.69) is 34.3 Å². The number of halogens is 2. The van der Waals surface area contributed by atoms with E-state index in [1.165, 1.54) is 5.56 Å². The number of hydrogen-bond donors (Lipinski definition) is 1. The summed E-state index contributed by atoms with van der Waals surface area (Å²) in [5, 5.41) is 4.09. The van der Waals surface area contributed by atoms with Crippen molar-refractivity contribution in [3.63, 3.8) is 0 Å². The number of aromatic nitrogens is 1. The first kappa shape index (κ1) is 22.8. The van der Waals surface area contributed by atoms with Crippen molar-refractivity contribution in [2.75, 3.05) is 32.8 Å². The van der Waals surface area contributed by atoms with Crippen molar-refractivity contribution in [3.8, 4) is 11.5 Å². The molecule has 0 bridgehead atoms. The van der Waals surface area contributed by atoms with Crippen LogP contribution < -0.4 is 14.8 Å². The van der Waals surface area contributed by atoms with Gasteiger partial charge < -0.3 is 14.8 Å². The first-order valence-electron chi connectivity index (χ1n) is 9.65. The Kier molecular flexibility index (Phi) is 9.32. The minimum absolute atomic E-state index is 0. The molecule has 1 unspecified atom stereocenters. The molecule has 0 radical (unpaired) electrons. The van der Waals surface area contributed by atoms with E-state index in [-0.39, 0.29) is 18.4 Å². The number of benzene rings is 1. The van der Waals surface area contributed by atoms with Crippen LogP contribution in [0.1, 0.15) is 37.4 Å². The highest BCUT2D eigenvalue weighted by Crippen LogP contribution is 2.37. The van der Waals surface area contributed by atoms with E-state index in [4.69, 9.17) is 21.1 Å². The number of nitrogens with one attached hydrogen (secondary N) is 1. The van der Waals surface area contributed by atoms with Crippen LogP contribution in [0.4, 0.5) is 0 Å². The normalized spacial score (nSPS) is 17.0. The van der Waals surface area contributed by atoms with Crippen molar-refractivity contribution in [2.24, 2.45) is 0 Å². The molecular weight excluding hydrogens is 397 g/mol. The maximum Gasteiger partial charge on any atom is 0.179 e. The molecule has 1 aromatic carbocycles. The third kappa shape index (κ3) is 5.74. The van der Waals surface area contributed by atoms with Gasteiger partial charge in [0.2, 0.25) is 0 Å². The molecule has 1 N–H and O–H groups in total. The first-order chi connectivity index (χ1) is 13.2. The van der Waals surface area contributed by atoms with Crippen LogP contribution >= 0.6 is 24.0 Å². The number of hydrogen-bond acceptors (Lipinski definition) is 5. The van der Waals surface area contributed by atoms with Crippen LogP contribution in [-0.4, -0.2) is 42.7 Å². The summed E-state index contributed by atoms with van der Waals surface area (Å²) in [5.41, 5.74) is 2.35. The number of nitrogens with zero attached hydrogens (tertiary/aromatic N) is 2. The van der Waals surface area contributed by atoms with E-state index in [0.717, 1.165) is 43.9 Å². The molecule has 154 valence electrons. The molecule has 1 aromatic heterocycles. The lowest BCUT2D eigenvalue weighted by atomic mass is 10.0. The molecule has 3 rings (SSSR count). The van der Waals surface area contributed by atoms with E-state index in [0.29, 0.717) is 24.0 Å². The van der Waals surface area contributed by atoms with Gasteiger partial charge in [-0.3, -0.25) is 9.88 Å². The van der Waals surface area contributed by atoms with Crippen molar-refractivity contribution in [1.29, 1.82) is 0 Å². The number of ether oxygens (including phenoxy) is 2. The Bertz CT molecular complexity index is 731. The van der Waals surface area contributed by atoms with Crippen LogP contribution in [-0.2, 0) is 6.54 Å². The Morgan fingerprint density at radius 1 is 1.29 bits per heavy atom. The number of pyridine rings is 1. The number of piperazine rings is 1. The van der Waals surface area contributed by atoms with Crippen LogP contribution in [0.25, 0.3) is 0 Å². The second kappa shape index (κ2) is 11.5. The lowest BCUT2D eigenvalue weighted by molar-refractivity contribution is 0.153. The topological polar surface area (TPSA) is 46.6 Å². The predicted molar refractivity (Wildman–Crippen MR) is 116 cm³/mol. The van der Waals surface area contributed by atoms with Crippen LogP contribution in [0.2, 0.25) is 5.02 Å². The summed E-state index contributed by atoms with van der Waals surface area (Å²) in [7, 11) is 0. The van der Waals surface area contributed by atoms with Gasteiger partial charge in [-0.25, -0.2) is 0 Å². The van der Waals surface area contributed by atoms with Gasteiger partial charge in [0.05, 0.1) is 18.2 Å². The highest BCUT2D eigenvalue weighted by Gasteiger charge is 2.24. The van der Waals surface area contributed by atoms with Crippen LogP contribution in [0.15, 0.2) is 36.7 Å². The van der Waals surface area contributed by atoms with Gasteiger partial charge in [-0.15, -0.1) is 12.4 Å². The SMILES string of the molecule is CCCOc1c(Cl)cc(CN2CCNCC2c2cccnc2)cc1OCC.Cl. The predicted octanol–water partition coefficient (Wildman–Crippen LogP) is 4.49. The fourth-order valence-electron chi connectivity index (χ4n) is 3.39. The molecule has 0 amide bonds. The fourth-order valence-corrected chi connectivity index (χ4v) is 3.68. The quantitative estimate of drug-likeness (QED) is 0.674. The molecule has 2 heterocycles. The maximum atomic E-state index is 6.53.